The molecule has 0 radical (unpaired) electrons. The minimum atomic E-state index is 0.00858. The molecule has 0 aliphatic carbocycles. The van der Waals surface area contributed by atoms with Gasteiger partial charge in [-0.3, -0.25) is 9.89 Å². The highest BCUT2D eigenvalue weighted by atomic mass is 16.1. The average molecular weight is 323 g/mol. The lowest BCUT2D eigenvalue weighted by atomic mass is 10.0. The van der Waals surface area contributed by atoms with Gasteiger partial charge >= 0.3 is 0 Å². The van der Waals surface area contributed by atoms with Gasteiger partial charge in [0.2, 0.25) is 0 Å². The summed E-state index contributed by atoms with van der Waals surface area (Å²) < 4.78 is 0. The van der Waals surface area contributed by atoms with Gasteiger partial charge in [0.05, 0.1) is 0 Å². The van der Waals surface area contributed by atoms with Crippen molar-refractivity contribution in [2.24, 2.45) is 0 Å². The zero-order chi connectivity index (χ0) is 16.5. The summed E-state index contributed by atoms with van der Waals surface area (Å²) >= 11 is 0. The number of H-pyrrole nitrogens is 2. The van der Waals surface area contributed by atoms with Crippen LogP contribution in [0.5, 0.6) is 0 Å². The van der Waals surface area contributed by atoms with Crippen LogP contribution >= 0.6 is 0 Å². The summed E-state index contributed by atoms with van der Waals surface area (Å²) in [6.07, 6.45) is 3.73. The molecular weight excluding hydrogens is 302 g/mol. The predicted octanol–water partition coefficient (Wildman–Crippen LogP) is 2.60. The number of aromatic amines is 2. The lowest BCUT2D eigenvalue weighted by molar-refractivity contribution is 0.0933. The third-order valence-electron chi connectivity index (χ3n) is 4.69. The van der Waals surface area contributed by atoms with E-state index in [1.807, 2.05) is 37.4 Å². The van der Waals surface area contributed by atoms with Crippen molar-refractivity contribution in [3.8, 4) is 0 Å². The van der Waals surface area contributed by atoms with Crippen LogP contribution in [0, 0.1) is 6.92 Å². The number of carbonyl (C=O) groups is 1. The number of carbonyl (C=O) groups excluding carboxylic acids is 1. The van der Waals surface area contributed by atoms with Gasteiger partial charge in [0.15, 0.2) is 5.82 Å². The van der Waals surface area contributed by atoms with Crippen molar-refractivity contribution < 1.29 is 4.79 Å². The van der Waals surface area contributed by atoms with Crippen LogP contribution in [0.25, 0.3) is 10.9 Å². The van der Waals surface area contributed by atoms with E-state index in [0.29, 0.717) is 0 Å². The molecule has 1 aliphatic rings. The van der Waals surface area contributed by atoms with Gasteiger partial charge in [-0.1, -0.05) is 6.07 Å². The molecule has 1 fully saturated rings. The number of aromatic nitrogens is 3. The van der Waals surface area contributed by atoms with Gasteiger partial charge in [-0.15, -0.1) is 0 Å². The largest absolute Gasteiger partial charge is 0.361 e. The molecule has 0 bridgehead atoms. The monoisotopic (exact) mass is 323 g/mol. The number of fused-ring (bicyclic) bond motifs is 1. The molecule has 6 heteroatoms. The summed E-state index contributed by atoms with van der Waals surface area (Å²) in [5.41, 5.74) is 2.80. The highest BCUT2D eigenvalue weighted by molar-refractivity contribution is 6.06. The second-order valence-electron chi connectivity index (χ2n) is 6.39. The van der Waals surface area contributed by atoms with Crippen molar-refractivity contribution in [2.45, 2.75) is 25.8 Å². The van der Waals surface area contributed by atoms with E-state index in [2.05, 4.69) is 31.5 Å². The molecule has 1 aromatic carbocycles. The maximum Gasteiger partial charge on any atom is 0.252 e. The van der Waals surface area contributed by atoms with Gasteiger partial charge in [0.25, 0.3) is 5.91 Å². The Morgan fingerprint density at radius 3 is 2.88 bits per heavy atom. The summed E-state index contributed by atoms with van der Waals surface area (Å²) in [6, 6.07) is 10.0. The Labute approximate surface area is 140 Å². The molecule has 0 saturated carbocycles. The van der Waals surface area contributed by atoms with E-state index in [-0.39, 0.29) is 11.9 Å². The van der Waals surface area contributed by atoms with Crippen LogP contribution in [0.4, 0.5) is 5.82 Å². The van der Waals surface area contributed by atoms with E-state index in [1.165, 1.54) is 0 Å². The number of rotatable bonds is 3. The number of hydrogen-bond donors (Lipinski definition) is 3. The molecule has 3 heterocycles. The van der Waals surface area contributed by atoms with Gasteiger partial charge in [0, 0.05) is 53.6 Å². The Hall–Kier alpha value is -2.76. The first-order chi connectivity index (χ1) is 11.7. The average Bonchev–Trinajstić information content (AvgIpc) is 3.24. The SMILES string of the molecule is Cc1cc(N2CCC(NC(=O)c3cccc4[nH]ccc34)CC2)n[nH]1. The first-order valence-corrected chi connectivity index (χ1v) is 8.34. The molecule has 4 rings (SSSR count). The molecule has 1 aliphatic heterocycles. The van der Waals surface area contributed by atoms with Crippen LogP contribution in [-0.4, -0.2) is 40.2 Å². The van der Waals surface area contributed by atoms with Crippen molar-refractivity contribution in [3.05, 3.63) is 47.8 Å². The summed E-state index contributed by atoms with van der Waals surface area (Å²) in [5.74, 6) is 1.00. The third-order valence-corrected chi connectivity index (χ3v) is 4.69. The van der Waals surface area contributed by atoms with E-state index in [4.69, 9.17) is 0 Å². The number of benzene rings is 1. The molecule has 3 N–H and O–H groups in total. The van der Waals surface area contributed by atoms with Crippen LogP contribution in [0.3, 0.4) is 0 Å². The molecular formula is C18H21N5O. The van der Waals surface area contributed by atoms with E-state index < -0.39 is 0 Å². The van der Waals surface area contributed by atoms with Gasteiger partial charge in [0.1, 0.15) is 0 Å². The topological polar surface area (TPSA) is 76.8 Å². The molecule has 3 aromatic rings. The Balaban J connectivity index is 1.40. The summed E-state index contributed by atoms with van der Waals surface area (Å²) in [5, 5.41) is 11.5. The third kappa shape index (κ3) is 2.75. The fourth-order valence-corrected chi connectivity index (χ4v) is 3.37. The maximum absolute atomic E-state index is 12.6. The summed E-state index contributed by atoms with van der Waals surface area (Å²) in [7, 11) is 0. The second kappa shape index (κ2) is 6.03. The Bertz CT molecular complexity index is 857. The number of amides is 1. The van der Waals surface area contributed by atoms with Gasteiger partial charge in [-0.05, 0) is 38.0 Å². The minimum absolute atomic E-state index is 0.00858. The zero-order valence-corrected chi connectivity index (χ0v) is 13.7. The highest BCUT2D eigenvalue weighted by Crippen LogP contribution is 2.20. The quantitative estimate of drug-likeness (QED) is 0.693. The number of nitrogens with zero attached hydrogens (tertiary/aromatic N) is 2. The molecule has 124 valence electrons. The first kappa shape index (κ1) is 14.8. The predicted molar refractivity (Wildman–Crippen MR) is 94.3 cm³/mol. The molecule has 0 unspecified atom stereocenters. The zero-order valence-electron chi connectivity index (χ0n) is 13.7. The fraction of sp³-hybridized carbons (Fsp3) is 0.333. The smallest absolute Gasteiger partial charge is 0.252 e. The number of hydrogen-bond acceptors (Lipinski definition) is 3. The van der Waals surface area contributed by atoms with Gasteiger partial charge < -0.3 is 15.2 Å². The number of aryl methyl sites for hydroxylation is 1. The Morgan fingerprint density at radius 2 is 2.12 bits per heavy atom. The first-order valence-electron chi connectivity index (χ1n) is 8.34. The van der Waals surface area contributed by atoms with E-state index in [0.717, 1.165) is 53.9 Å². The number of piperidine rings is 1. The van der Waals surface area contributed by atoms with Crippen LogP contribution in [0.1, 0.15) is 28.9 Å². The van der Waals surface area contributed by atoms with Crippen LogP contribution < -0.4 is 10.2 Å². The lowest BCUT2D eigenvalue weighted by Gasteiger charge is -2.32. The van der Waals surface area contributed by atoms with Crippen LogP contribution in [0.2, 0.25) is 0 Å². The molecule has 0 spiro atoms. The molecule has 6 nitrogen and oxygen atoms in total. The molecule has 2 aromatic heterocycles. The molecule has 24 heavy (non-hydrogen) atoms. The molecule has 0 atom stereocenters. The Morgan fingerprint density at radius 1 is 1.29 bits per heavy atom. The van der Waals surface area contributed by atoms with Crippen LogP contribution in [0.15, 0.2) is 36.5 Å². The molecule has 1 saturated heterocycles. The standard InChI is InChI=1S/C18H21N5O/c1-12-11-17(22-21-12)23-9-6-13(7-10-23)20-18(24)15-3-2-4-16-14(15)5-8-19-16/h2-5,8,11,13,19H,6-7,9-10H2,1H3,(H,20,24)(H,21,22). The number of nitrogens with one attached hydrogen (secondary N) is 3. The maximum atomic E-state index is 12.6. The summed E-state index contributed by atoms with van der Waals surface area (Å²) in [6.45, 7) is 3.82. The number of anilines is 1. The van der Waals surface area contributed by atoms with Crippen LogP contribution in [-0.2, 0) is 0 Å². The van der Waals surface area contributed by atoms with Crippen molar-refractivity contribution in [1.82, 2.24) is 20.5 Å². The van der Waals surface area contributed by atoms with Gasteiger partial charge in [-0.25, -0.2) is 0 Å². The van der Waals surface area contributed by atoms with E-state index in [1.54, 1.807) is 0 Å². The molecule has 1 amide bonds. The fourth-order valence-electron chi connectivity index (χ4n) is 3.37. The Kier molecular flexibility index (Phi) is 3.72. The van der Waals surface area contributed by atoms with E-state index in [9.17, 15) is 4.79 Å². The van der Waals surface area contributed by atoms with Crippen molar-refractivity contribution >= 4 is 22.6 Å². The van der Waals surface area contributed by atoms with Crippen molar-refractivity contribution in [3.63, 3.8) is 0 Å². The van der Waals surface area contributed by atoms with E-state index >= 15 is 0 Å². The van der Waals surface area contributed by atoms with Crippen molar-refractivity contribution in [2.75, 3.05) is 18.0 Å². The van der Waals surface area contributed by atoms with Crippen molar-refractivity contribution in [1.29, 1.82) is 0 Å². The minimum Gasteiger partial charge on any atom is -0.361 e. The summed E-state index contributed by atoms with van der Waals surface area (Å²) in [4.78, 5) is 18.0. The lowest BCUT2D eigenvalue weighted by Crippen LogP contribution is -2.44. The normalized spacial score (nSPS) is 15.8. The second-order valence-corrected chi connectivity index (χ2v) is 6.39. The van der Waals surface area contributed by atoms with Gasteiger partial charge in [-0.2, -0.15) is 5.10 Å². The highest BCUT2D eigenvalue weighted by Gasteiger charge is 2.23.